The molecule has 0 bridgehead atoms. The van der Waals surface area contributed by atoms with E-state index in [9.17, 15) is 9.59 Å². The van der Waals surface area contributed by atoms with Crippen molar-refractivity contribution in [3.63, 3.8) is 0 Å². The van der Waals surface area contributed by atoms with E-state index in [1.807, 2.05) is 91.9 Å². The summed E-state index contributed by atoms with van der Waals surface area (Å²) < 4.78 is 0. The predicted molar refractivity (Wildman–Crippen MR) is 164 cm³/mol. The minimum atomic E-state index is -0.208. The average Bonchev–Trinajstić information content (AvgIpc) is 3.13. The van der Waals surface area contributed by atoms with Crippen LogP contribution in [0.25, 0.3) is 16.7 Å². The average molecular weight is 526 g/mol. The minimum absolute atomic E-state index is 0.111. The highest BCUT2D eigenvalue weighted by atomic mass is 16.2. The molecular formula is C35H31N3O2. The minimum Gasteiger partial charge on any atom is -0.362 e. The standard InChI is InChI=1S/C35H31N3O2/c1-4-28-30-15-10-11-17-33(30)38(23-22-32(28)36-24(2)3)35(40)26-18-20-27(21-19-26)37-34(39)31-16-9-8-14-29(31)25-12-6-5-7-13-25/h4-21,36H,1-2,22-23H2,3H3,(H,37,39). The summed E-state index contributed by atoms with van der Waals surface area (Å²) in [6.45, 7) is 10.4. The van der Waals surface area contributed by atoms with E-state index in [0.29, 0.717) is 29.8 Å². The molecule has 2 amide bonds. The molecule has 5 rings (SSSR count). The van der Waals surface area contributed by atoms with Crippen LogP contribution in [0.4, 0.5) is 11.4 Å². The van der Waals surface area contributed by atoms with E-state index >= 15 is 0 Å². The van der Waals surface area contributed by atoms with Crippen molar-refractivity contribution in [2.24, 2.45) is 0 Å². The number of benzene rings is 4. The zero-order valence-electron chi connectivity index (χ0n) is 22.5. The summed E-state index contributed by atoms with van der Waals surface area (Å²) >= 11 is 0. The molecule has 198 valence electrons. The number of carbonyl (C=O) groups excluding carboxylic acids is 2. The van der Waals surface area contributed by atoms with E-state index in [4.69, 9.17) is 0 Å². The fraction of sp³-hybridized carbons (Fsp3) is 0.0857. The Kier molecular flexibility index (Phi) is 7.74. The summed E-state index contributed by atoms with van der Waals surface area (Å²) in [5.41, 5.74) is 8.11. The number of rotatable bonds is 7. The Bertz CT molecular complexity index is 1620. The second-order valence-electron chi connectivity index (χ2n) is 9.67. The third kappa shape index (κ3) is 5.49. The van der Waals surface area contributed by atoms with Crippen LogP contribution in [0, 0.1) is 0 Å². The molecule has 2 N–H and O–H groups in total. The van der Waals surface area contributed by atoms with Gasteiger partial charge in [0.15, 0.2) is 0 Å². The number of amides is 2. The van der Waals surface area contributed by atoms with Gasteiger partial charge in [0.25, 0.3) is 11.8 Å². The predicted octanol–water partition coefficient (Wildman–Crippen LogP) is 7.68. The first-order chi connectivity index (χ1) is 19.5. The van der Waals surface area contributed by atoms with Gasteiger partial charge in [-0.25, -0.2) is 0 Å². The first kappa shape index (κ1) is 26.4. The molecule has 40 heavy (non-hydrogen) atoms. The second-order valence-corrected chi connectivity index (χ2v) is 9.67. The van der Waals surface area contributed by atoms with Crippen LogP contribution in [0.15, 0.2) is 134 Å². The van der Waals surface area contributed by atoms with Crippen molar-refractivity contribution in [2.75, 3.05) is 16.8 Å². The summed E-state index contributed by atoms with van der Waals surface area (Å²) in [7, 11) is 0. The molecule has 0 aromatic heterocycles. The number of para-hydroxylation sites is 1. The molecule has 0 unspecified atom stereocenters. The number of hydrogen-bond acceptors (Lipinski definition) is 3. The van der Waals surface area contributed by atoms with E-state index in [2.05, 4.69) is 23.8 Å². The van der Waals surface area contributed by atoms with Gasteiger partial charge in [-0.2, -0.15) is 0 Å². The first-order valence-electron chi connectivity index (χ1n) is 13.2. The largest absolute Gasteiger partial charge is 0.362 e. The molecule has 0 spiro atoms. The van der Waals surface area contributed by atoms with E-state index < -0.39 is 0 Å². The van der Waals surface area contributed by atoms with Gasteiger partial charge in [-0.15, -0.1) is 0 Å². The third-order valence-corrected chi connectivity index (χ3v) is 6.86. The van der Waals surface area contributed by atoms with Crippen LogP contribution < -0.4 is 15.5 Å². The summed E-state index contributed by atoms with van der Waals surface area (Å²) in [6.07, 6.45) is 2.45. The molecule has 4 aromatic carbocycles. The van der Waals surface area contributed by atoms with Crippen molar-refractivity contribution < 1.29 is 9.59 Å². The summed E-state index contributed by atoms with van der Waals surface area (Å²) in [6, 6.07) is 32.2. The number of carbonyl (C=O) groups is 2. The zero-order chi connectivity index (χ0) is 28.1. The third-order valence-electron chi connectivity index (χ3n) is 6.86. The van der Waals surface area contributed by atoms with Gasteiger partial charge in [0.1, 0.15) is 0 Å². The Morgan fingerprint density at radius 2 is 1.45 bits per heavy atom. The van der Waals surface area contributed by atoms with Gasteiger partial charge in [0.2, 0.25) is 0 Å². The van der Waals surface area contributed by atoms with E-state index in [-0.39, 0.29) is 11.8 Å². The fourth-order valence-electron chi connectivity index (χ4n) is 5.01. The van der Waals surface area contributed by atoms with Crippen molar-refractivity contribution >= 4 is 28.8 Å². The summed E-state index contributed by atoms with van der Waals surface area (Å²) in [5, 5.41) is 6.33. The van der Waals surface area contributed by atoms with E-state index in [1.165, 1.54) is 0 Å². The van der Waals surface area contributed by atoms with Crippen molar-refractivity contribution in [3.8, 4) is 11.1 Å². The Morgan fingerprint density at radius 1 is 0.800 bits per heavy atom. The Hall–Kier alpha value is -5.16. The maximum absolute atomic E-state index is 13.8. The smallest absolute Gasteiger partial charge is 0.258 e. The van der Waals surface area contributed by atoms with Crippen molar-refractivity contribution in [3.05, 3.63) is 150 Å². The van der Waals surface area contributed by atoms with Crippen LogP contribution in [0.3, 0.4) is 0 Å². The van der Waals surface area contributed by atoms with Crippen LogP contribution in [0.5, 0.6) is 0 Å². The fourth-order valence-corrected chi connectivity index (χ4v) is 5.01. The molecule has 5 heteroatoms. The molecule has 5 nitrogen and oxygen atoms in total. The van der Waals surface area contributed by atoms with Gasteiger partial charge in [-0.05, 0) is 54.4 Å². The lowest BCUT2D eigenvalue weighted by atomic mass is 9.99. The van der Waals surface area contributed by atoms with Gasteiger partial charge >= 0.3 is 0 Å². The highest BCUT2D eigenvalue weighted by Gasteiger charge is 2.25. The van der Waals surface area contributed by atoms with Crippen LogP contribution in [-0.2, 0) is 0 Å². The SMILES string of the molecule is C=CC1=C(NC(=C)C)CCN(C(=O)c2ccc(NC(=O)c3ccccc3-c3ccccc3)cc2)c2ccccc21. The van der Waals surface area contributed by atoms with Crippen molar-refractivity contribution in [1.29, 1.82) is 0 Å². The normalized spacial score (nSPS) is 12.7. The van der Waals surface area contributed by atoms with E-state index in [1.54, 1.807) is 29.2 Å². The Balaban J connectivity index is 1.37. The number of anilines is 2. The second kappa shape index (κ2) is 11.7. The van der Waals surface area contributed by atoms with Gasteiger partial charge in [-0.1, -0.05) is 86.0 Å². The monoisotopic (exact) mass is 525 g/mol. The van der Waals surface area contributed by atoms with Gasteiger partial charge in [0.05, 0.1) is 5.69 Å². The molecule has 0 atom stereocenters. The molecule has 1 heterocycles. The highest BCUT2D eigenvalue weighted by molar-refractivity contribution is 6.10. The number of fused-ring (bicyclic) bond motifs is 1. The van der Waals surface area contributed by atoms with Crippen molar-refractivity contribution in [1.82, 2.24) is 5.32 Å². The van der Waals surface area contributed by atoms with Crippen LogP contribution >= 0.6 is 0 Å². The van der Waals surface area contributed by atoms with Crippen molar-refractivity contribution in [2.45, 2.75) is 13.3 Å². The molecule has 1 aliphatic rings. The summed E-state index contributed by atoms with van der Waals surface area (Å²) in [4.78, 5) is 28.8. The number of hydrogen-bond donors (Lipinski definition) is 2. The molecule has 0 aliphatic carbocycles. The quantitative estimate of drug-likeness (QED) is 0.260. The topological polar surface area (TPSA) is 61.4 Å². The van der Waals surface area contributed by atoms with Crippen LogP contribution in [-0.4, -0.2) is 18.4 Å². The summed E-state index contributed by atoms with van der Waals surface area (Å²) in [5.74, 6) is -0.319. The number of nitrogens with one attached hydrogen (secondary N) is 2. The lowest BCUT2D eigenvalue weighted by Crippen LogP contribution is -2.32. The molecule has 0 saturated carbocycles. The maximum Gasteiger partial charge on any atom is 0.258 e. The Morgan fingerprint density at radius 3 is 2.15 bits per heavy atom. The van der Waals surface area contributed by atoms with Gasteiger partial charge < -0.3 is 15.5 Å². The maximum atomic E-state index is 13.8. The zero-order valence-corrected chi connectivity index (χ0v) is 22.5. The van der Waals surface area contributed by atoms with Gasteiger partial charge in [-0.3, -0.25) is 9.59 Å². The number of nitrogens with zero attached hydrogens (tertiary/aromatic N) is 1. The molecule has 0 radical (unpaired) electrons. The molecule has 0 fully saturated rings. The Labute approximate surface area is 235 Å². The molecular weight excluding hydrogens is 494 g/mol. The van der Waals surface area contributed by atoms with Crippen LogP contribution in [0.2, 0.25) is 0 Å². The first-order valence-corrected chi connectivity index (χ1v) is 13.2. The van der Waals surface area contributed by atoms with E-state index in [0.717, 1.165) is 39.3 Å². The highest BCUT2D eigenvalue weighted by Crippen LogP contribution is 2.35. The lowest BCUT2D eigenvalue weighted by molar-refractivity contribution is 0.0986. The molecule has 0 saturated heterocycles. The lowest BCUT2D eigenvalue weighted by Gasteiger charge is -2.23. The van der Waals surface area contributed by atoms with Gasteiger partial charge in [0, 0.05) is 52.3 Å². The molecule has 4 aromatic rings. The number of allylic oxidation sites excluding steroid dienone is 3. The molecule has 1 aliphatic heterocycles. The van der Waals surface area contributed by atoms with Crippen LogP contribution in [0.1, 0.15) is 39.6 Å².